The van der Waals surface area contributed by atoms with Gasteiger partial charge in [-0.3, -0.25) is 9.59 Å². The van der Waals surface area contributed by atoms with Crippen LogP contribution in [0.1, 0.15) is 19.3 Å². The molecule has 0 amide bonds. The Morgan fingerprint density at radius 1 is 1.31 bits per heavy atom. The van der Waals surface area contributed by atoms with E-state index in [0.29, 0.717) is 19.3 Å². The van der Waals surface area contributed by atoms with Gasteiger partial charge in [0.15, 0.2) is 0 Å². The molecule has 3 atom stereocenters. The minimum absolute atomic E-state index is 0.182. The topological polar surface area (TPSA) is 101 Å². The van der Waals surface area contributed by atoms with Crippen molar-refractivity contribution < 1.29 is 19.8 Å². The van der Waals surface area contributed by atoms with Crippen LogP contribution in [0.15, 0.2) is 0 Å². The van der Waals surface area contributed by atoms with Crippen LogP contribution in [0, 0.1) is 11.8 Å². The Bertz CT molecular complexity index is 228. The quantitative estimate of drug-likeness (QED) is 0.572. The molecule has 1 fully saturated rings. The van der Waals surface area contributed by atoms with Gasteiger partial charge in [-0.15, -0.1) is 0 Å². The molecule has 4 N–H and O–H groups in total. The number of aliphatic carboxylic acids is 2. The van der Waals surface area contributed by atoms with Gasteiger partial charge in [0.05, 0.1) is 5.92 Å². The molecule has 0 spiro atoms. The van der Waals surface area contributed by atoms with Crippen LogP contribution in [0.4, 0.5) is 0 Å². The molecule has 0 aliphatic heterocycles. The van der Waals surface area contributed by atoms with Gasteiger partial charge in [-0.1, -0.05) is 0 Å². The number of carboxylic acids is 2. The monoisotopic (exact) mass is 187 g/mol. The Balaban J connectivity index is 2.49. The van der Waals surface area contributed by atoms with Gasteiger partial charge in [-0.2, -0.15) is 0 Å². The van der Waals surface area contributed by atoms with Crippen LogP contribution in [0.25, 0.3) is 0 Å². The van der Waals surface area contributed by atoms with Crippen LogP contribution in [0.5, 0.6) is 0 Å². The van der Waals surface area contributed by atoms with Crippen molar-refractivity contribution >= 4 is 11.9 Å². The van der Waals surface area contributed by atoms with Gasteiger partial charge >= 0.3 is 11.9 Å². The average Bonchev–Trinajstić information content (AvgIpc) is 2.50. The van der Waals surface area contributed by atoms with E-state index in [-0.39, 0.29) is 5.92 Å². The van der Waals surface area contributed by atoms with Crippen LogP contribution in [-0.2, 0) is 9.59 Å². The summed E-state index contributed by atoms with van der Waals surface area (Å²) < 4.78 is 0. The largest absolute Gasteiger partial charge is 0.481 e. The Labute approximate surface area is 75.5 Å². The van der Waals surface area contributed by atoms with Crippen molar-refractivity contribution in [2.45, 2.75) is 25.3 Å². The number of nitrogens with two attached hydrogens (primary N) is 1. The van der Waals surface area contributed by atoms with E-state index in [1.807, 2.05) is 0 Å². The fourth-order valence-electron chi connectivity index (χ4n) is 1.77. The second kappa shape index (κ2) is 3.74. The maximum absolute atomic E-state index is 10.6. The average molecular weight is 187 g/mol. The lowest BCUT2D eigenvalue weighted by Crippen LogP contribution is -2.37. The molecule has 0 aromatic rings. The van der Waals surface area contributed by atoms with Gasteiger partial charge in [-0.05, 0) is 25.2 Å². The molecule has 0 saturated heterocycles. The highest BCUT2D eigenvalue weighted by molar-refractivity contribution is 5.74. The summed E-state index contributed by atoms with van der Waals surface area (Å²) in [7, 11) is 0. The van der Waals surface area contributed by atoms with E-state index in [2.05, 4.69) is 0 Å². The first-order chi connectivity index (χ1) is 6.02. The SMILES string of the molecule is N[C@@H](C(=O)O)[C@@H]1CC[C@H](C(=O)O)C1. The standard InChI is InChI=1S/C8H13NO4/c9-6(8(12)13)4-1-2-5(3-4)7(10)11/h4-6H,1-3,9H2,(H,10,11)(H,12,13)/t4-,5+,6-/m1/s1. The highest BCUT2D eigenvalue weighted by Gasteiger charge is 2.35. The molecule has 74 valence electrons. The summed E-state index contributed by atoms with van der Waals surface area (Å²) in [5, 5.41) is 17.3. The first-order valence-electron chi connectivity index (χ1n) is 4.23. The Kier molecular flexibility index (Phi) is 2.87. The molecule has 5 heteroatoms. The van der Waals surface area contributed by atoms with E-state index in [0.717, 1.165) is 0 Å². The van der Waals surface area contributed by atoms with E-state index < -0.39 is 23.9 Å². The highest BCUT2D eigenvalue weighted by Crippen LogP contribution is 2.32. The Morgan fingerprint density at radius 3 is 2.31 bits per heavy atom. The molecule has 13 heavy (non-hydrogen) atoms. The van der Waals surface area contributed by atoms with Gasteiger partial charge in [0.2, 0.25) is 0 Å². The molecule has 0 unspecified atom stereocenters. The smallest absolute Gasteiger partial charge is 0.320 e. The number of carbonyl (C=O) groups is 2. The maximum Gasteiger partial charge on any atom is 0.320 e. The van der Waals surface area contributed by atoms with Gasteiger partial charge in [-0.25, -0.2) is 0 Å². The van der Waals surface area contributed by atoms with Crippen LogP contribution in [0.2, 0.25) is 0 Å². The maximum atomic E-state index is 10.6. The summed E-state index contributed by atoms with van der Waals surface area (Å²) >= 11 is 0. The zero-order valence-electron chi connectivity index (χ0n) is 7.14. The second-order valence-electron chi connectivity index (χ2n) is 3.47. The van der Waals surface area contributed by atoms with Crippen molar-refractivity contribution in [3.63, 3.8) is 0 Å². The lowest BCUT2D eigenvalue weighted by molar-refractivity contribution is -0.143. The molecule has 1 saturated carbocycles. The highest BCUT2D eigenvalue weighted by atomic mass is 16.4. The van der Waals surface area contributed by atoms with Gasteiger partial charge in [0, 0.05) is 0 Å². The summed E-state index contributed by atoms with van der Waals surface area (Å²) in [6, 6.07) is -0.913. The molecule has 0 aromatic carbocycles. The van der Waals surface area contributed by atoms with Crippen LogP contribution in [-0.4, -0.2) is 28.2 Å². The van der Waals surface area contributed by atoms with Crippen molar-refractivity contribution in [3.05, 3.63) is 0 Å². The van der Waals surface area contributed by atoms with Gasteiger partial charge < -0.3 is 15.9 Å². The van der Waals surface area contributed by atoms with Crippen molar-refractivity contribution in [2.75, 3.05) is 0 Å². The normalized spacial score (nSPS) is 29.9. The van der Waals surface area contributed by atoms with Crippen LogP contribution < -0.4 is 5.73 Å². The first kappa shape index (κ1) is 9.98. The summed E-state index contributed by atoms with van der Waals surface area (Å²) in [4.78, 5) is 21.0. The molecule has 1 aliphatic carbocycles. The number of hydrogen-bond acceptors (Lipinski definition) is 3. The molecular formula is C8H13NO4. The molecule has 0 heterocycles. The Morgan fingerprint density at radius 2 is 1.92 bits per heavy atom. The first-order valence-corrected chi connectivity index (χ1v) is 4.23. The molecule has 0 aromatic heterocycles. The van der Waals surface area contributed by atoms with Gasteiger partial charge in [0.1, 0.15) is 6.04 Å². The third kappa shape index (κ3) is 2.18. The molecular weight excluding hydrogens is 174 g/mol. The van der Waals surface area contributed by atoms with Gasteiger partial charge in [0.25, 0.3) is 0 Å². The van der Waals surface area contributed by atoms with E-state index in [9.17, 15) is 9.59 Å². The fraction of sp³-hybridized carbons (Fsp3) is 0.750. The van der Waals surface area contributed by atoms with E-state index in [1.165, 1.54) is 0 Å². The zero-order valence-corrected chi connectivity index (χ0v) is 7.14. The number of rotatable bonds is 3. The summed E-state index contributed by atoms with van der Waals surface area (Å²) in [5.41, 5.74) is 5.39. The van der Waals surface area contributed by atoms with Crippen LogP contribution in [0.3, 0.4) is 0 Å². The zero-order chi connectivity index (χ0) is 10.0. The summed E-state index contributed by atoms with van der Waals surface area (Å²) in [5.74, 6) is -2.48. The molecule has 0 radical (unpaired) electrons. The fourth-order valence-corrected chi connectivity index (χ4v) is 1.77. The van der Waals surface area contributed by atoms with Crippen molar-refractivity contribution in [3.8, 4) is 0 Å². The lowest BCUT2D eigenvalue weighted by atomic mass is 9.97. The predicted octanol–water partition coefficient (Wildman–Crippen LogP) is -0.101. The minimum atomic E-state index is -1.05. The summed E-state index contributed by atoms with van der Waals surface area (Å²) in [6.07, 6.45) is 1.54. The Hall–Kier alpha value is -1.10. The van der Waals surface area contributed by atoms with Crippen molar-refractivity contribution in [1.29, 1.82) is 0 Å². The predicted molar refractivity (Wildman–Crippen MR) is 44.1 cm³/mol. The number of carboxylic acid groups (broad SMARTS) is 2. The third-order valence-electron chi connectivity index (χ3n) is 2.62. The second-order valence-corrected chi connectivity index (χ2v) is 3.47. The summed E-state index contributed by atoms with van der Waals surface area (Å²) in [6.45, 7) is 0. The molecule has 5 nitrogen and oxygen atoms in total. The molecule has 0 bridgehead atoms. The van der Waals surface area contributed by atoms with E-state index >= 15 is 0 Å². The number of hydrogen-bond donors (Lipinski definition) is 3. The molecule has 1 aliphatic rings. The van der Waals surface area contributed by atoms with Crippen molar-refractivity contribution in [1.82, 2.24) is 0 Å². The van der Waals surface area contributed by atoms with E-state index in [1.54, 1.807) is 0 Å². The lowest BCUT2D eigenvalue weighted by Gasteiger charge is -2.13. The van der Waals surface area contributed by atoms with Crippen LogP contribution >= 0.6 is 0 Å². The third-order valence-corrected chi connectivity index (χ3v) is 2.62. The molecule has 1 rings (SSSR count). The van der Waals surface area contributed by atoms with Crippen molar-refractivity contribution in [2.24, 2.45) is 17.6 Å². The minimum Gasteiger partial charge on any atom is -0.481 e. The van der Waals surface area contributed by atoms with E-state index in [4.69, 9.17) is 15.9 Å².